The third-order valence-electron chi connectivity index (χ3n) is 5.36. The van der Waals surface area contributed by atoms with E-state index in [0.717, 1.165) is 0 Å². The van der Waals surface area contributed by atoms with Gasteiger partial charge in [-0.15, -0.1) is 0 Å². The summed E-state index contributed by atoms with van der Waals surface area (Å²) in [6.07, 6.45) is 1.56. The zero-order chi connectivity index (χ0) is 24.1. The fourth-order valence-corrected chi connectivity index (χ4v) is 3.88. The number of nitrogens with zero attached hydrogens (tertiary/aromatic N) is 4. The van der Waals surface area contributed by atoms with Crippen LogP contribution < -0.4 is 21.1 Å². The standard InChI is InChI=1S/C23H22ClFN6O3/c24-21-19(14-26-31(22(21)33)16-6-2-1-3-7-16)30-12-10-29(11-13-30)15-20(32)28-23(34)27-18-9-5-4-8-17(18)25/h1-9,14H,10-13,15H2,(H2,27,28,32,34). The summed E-state index contributed by atoms with van der Waals surface area (Å²) in [7, 11) is 0. The first-order valence-electron chi connectivity index (χ1n) is 10.6. The van der Waals surface area contributed by atoms with Gasteiger partial charge in [0.1, 0.15) is 10.8 Å². The maximum Gasteiger partial charge on any atom is 0.326 e. The highest BCUT2D eigenvalue weighted by Gasteiger charge is 2.23. The summed E-state index contributed by atoms with van der Waals surface area (Å²) < 4.78 is 14.9. The van der Waals surface area contributed by atoms with Crippen LogP contribution in [0.2, 0.25) is 5.02 Å². The number of piperazine rings is 1. The summed E-state index contributed by atoms with van der Waals surface area (Å²) in [5.74, 6) is -1.10. The molecule has 1 aromatic heterocycles. The van der Waals surface area contributed by atoms with Gasteiger partial charge in [-0.05, 0) is 24.3 Å². The quantitative estimate of drug-likeness (QED) is 0.577. The topological polar surface area (TPSA) is 99.6 Å². The molecular weight excluding hydrogens is 463 g/mol. The van der Waals surface area contributed by atoms with Gasteiger partial charge in [-0.25, -0.2) is 9.18 Å². The average molecular weight is 485 g/mol. The molecule has 9 nitrogen and oxygen atoms in total. The largest absolute Gasteiger partial charge is 0.366 e. The molecule has 0 unspecified atom stereocenters. The SMILES string of the molecule is O=C(CN1CCN(c2cnn(-c3ccccc3)c(=O)c2Cl)CC1)NC(=O)Nc1ccccc1F. The summed E-state index contributed by atoms with van der Waals surface area (Å²) in [5.41, 5.74) is 0.733. The van der Waals surface area contributed by atoms with Gasteiger partial charge < -0.3 is 10.2 Å². The number of nitrogens with one attached hydrogen (secondary N) is 2. The Hall–Kier alpha value is -3.76. The molecule has 11 heteroatoms. The van der Waals surface area contributed by atoms with Crippen LogP contribution in [0.25, 0.3) is 5.69 Å². The average Bonchev–Trinajstić information content (AvgIpc) is 2.83. The number of para-hydroxylation sites is 2. The first-order valence-corrected chi connectivity index (χ1v) is 11.0. The molecule has 3 amide bonds. The minimum Gasteiger partial charge on any atom is -0.366 e. The van der Waals surface area contributed by atoms with Crippen LogP contribution in [0.15, 0.2) is 65.6 Å². The van der Waals surface area contributed by atoms with Gasteiger partial charge >= 0.3 is 6.03 Å². The number of urea groups is 1. The van der Waals surface area contributed by atoms with Crippen molar-refractivity contribution in [3.63, 3.8) is 0 Å². The summed E-state index contributed by atoms with van der Waals surface area (Å²) in [6.45, 7) is 2.07. The van der Waals surface area contributed by atoms with E-state index >= 15 is 0 Å². The molecule has 1 aliphatic rings. The number of halogens is 2. The lowest BCUT2D eigenvalue weighted by Crippen LogP contribution is -2.50. The maximum absolute atomic E-state index is 13.6. The van der Waals surface area contributed by atoms with Gasteiger partial charge in [-0.1, -0.05) is 41.9 Å². The Kier molecular flexibility index (Phi) is 7.19. The zero-order valence-electron chi connectivity index (χ0n) is 18.1. The lowest BCUT2D eigenvalue weighted by atomic mass is 10.2. The number of benzene rings is 2. The number of rotatable bonds is 5. The van der Waals surface area contributed by atoms with Crippen LogP contribution in [-0.4, -0.2) is 59.3 Å². The van der Waals surface area contributed by atoms with Crippen LogP contribution >= 0.6 is 11.6 Å². The van der Waals surface area contributed by atoms with Crippen molar-refractivity contribution >= 4 is 34.9 Å². The molecule has 0 spiro atoms. The molecule has 1 aliphatic heterocycles. The van der Waals surface area contributed by atoms with E-state index in [1.165, 1.54) is 22.9 Å². The predicted octanol–water partition coefficient (Wildman–Crippen LogP) is 2.50. The van der Waals surface area contributed by atoms with Crippen LogP contribution in [0.4, 0.5) is 20.6 Å². The molecule has 176 valence electrons. The molecule has 2 heterocycles. The number of imide groups is 1. The summed E-state index contributed by atoms with van der Waals surface area (Å²) in [4.78, 5) is 40.7. The number of aromatic nitrogens is 2. The van der Waals surface area contributed by atoms with Gasteiger partial charge in [0, 0.05) is 26.2 Å². The van der Waals surface area contributed by atoms with Crippen molar-refractivity contribution in [1.82, 2.24) is 20.0 Å². The Morgan fingerprint density at radius 3 is 2.38 bits per heavy atom. The van der Waals surface area contributed by atoms with E-state index in [1.54, 1.807) is 24.4 Å². The third-order valence-corrected chi connectivity index (χ3v) is 5.71. The highest BCUT2D eigenvalue weighted by atomic mass is 35.5. The van der Waals surface area contributed by atoms with Gasteiger partial charge in [0.25, 0.3) is 5.56 Å². The molecule has 0 atom stereocenters. The molecular formula is C23H22ClFN6O3. The van der Waals surface area contributed by atoms with E-state index < -0.39 is 23.3 Å². The van der Waals surface area contributed by atoms with Crippen molar-refractivity contribution in [1.29, 1.82) is 0 Å². The number of carbonyl (C=O) groups excluding carboxylic acids is 2. The van der Waals surface area contributed by atoms with E-state index in [0.29, 0.717) is 37.6 Å². The second kappa shape index (κ2) is 10.4. The summed E-state index contributed by atoms with van der Waals surface area (Å²) in [6, 6.07) is 13.9. The van der Waals surface area contributed by atoms with Crippen LogP contribution in [0, 0.1) is 5.82 Å². The Morgan fingerprint density at radius 1 is 1.00 bits per heavy atom. The number of hydrogen-bond donors (Lipinski definition) is 2. The van der Waals surface area contributed by atoms with Crippen LogP contribution in [0.3, 0.4) is 0 Å². The predicted molar refractivity (Wildman–Crippen MR) is 127 cm³/mol. The van der Waals surface area contributed by atoms with Crippen LogP contribution in [-0.2, 0) is 4.79 Å². The van der Waals surface area contributed by atoms with E-state index in [9.17, 15) is 18.8 Å². The van der Waals surface area contributed by atoms with Gasteiger partial charge in [0.15, 0.2) is 0 Å². The fourth-order valence-electron chi connectivity index (χ4n) is 3.63. The Balaban J connectivity index is 1.31. The third kappa shape index (κ3) is 5.41. The van der Waals surface area contributed by atoms with Gasteiger partial charge in [-0.2, -0.15) is 9.78 Å². The first kappa shape index (κ1) is 23.4. The minimum absolute atomic E-state index is 0.000115. The lowest BCUT2D eigenvalue weighted by Gasteiger charge is -2.35. The van der Waals surface area contributed by atoms with E-state index in [-0.39, 0.29) is 17.3 Å². The van der Waals surface area contributed by atoms with E-state index in [4.69, 9.17) is 11.6 Å². The van der Waals surface area contributed by atoms with E-state index in [2.05, 4.69) is 15.7 Å². The molecule has 4 rings (SSSR count). The Morgan fingerprint density at radius 2 is 1.68 bits per heavy atom. The highest BCUT2D eigenvalue weighted by molar-refractivity contribution is 6.33. The number of carbonyl (C=O) groups is 2. The molecule has 0 radical (unpaired) electrons. The smallest absolute Gasteiger partial charge is 0.326 e. The number of anilines is 2. The molecule has 0 saturated carbocycles. The first-order chi connectivity index (χ1) is 16.4. The Bertz CT molecular complexity index is 1240. The molecule has 1 fully saturated rings. The van der Waals surface area contributed by atoms with Crippen molar-refractivity contribution in [3.05, 3.63) is 82.0 Å². The van der Waals surface area contributed by atoms with Crippen molar-refractivity contribution < 1.29 is 14.0 Å². The monoisotopic (exact) mass is 484 g/mol. The van der Waals surface area contributed by atoms with Gasteiger partial charge in [0.05, 0.1) is 29.8 Å². The number of amides is 3. The van der Waals surface area contributed by atoms with Crippen molar-refractivity contribution in [2.75, 3.05) is 42.9 Å². The van der Waals surface area contributed by atoms with Crippen LogP contribution in [0.5, 0.6) is 0 Å². The van der Waals surface area contributed by atoms with E-state index in [1.807, 2.05) is 28.0 Å². The van der Waals surface area contributed by atoms with Gasteiger partial charge in [-0.3, -0.25) is 19.8 Å². The fraction of sp³-hybridized carbons (Fsp3) is 0.217. The second-order valence-corrected chi connectivity index (χ2v) is 8.02. The van der Waals surface area contributed by atoms with Crippen molar-refractivity contribution in [2.45, 2.75) is 0 Å². The minimum atomic E-state index is -0.800. The molecule has 0 bridgehead atoms. The molecule has 2 N–H and O–H groups in total. The zero-order valence-corrected chi connectivity index (χ0v) is 18.8. The molecule has 0 aliphatic carbocycles. The normalized spacial score (nSPS) is 14.0. The highest BCUT2D eigenvalue weighted by Crippen LogP contribution is 2.23. The molecule has 2 aromatic carbocycles. The molecule has 1 saturated heterocycles. The van der Waals surface area contributed by atoms with Gasteiger partial charge in [0.2, 0.25) is 5.91 Å². The Labute approximate surface area is 199 Å². The number of hydrogen-bond acceptors (Lipinski definition) is 6. The maximum atomic E-state index is 13.6. The van der Waals surface area contributed by atoms with Crippen molar-refractivity contribution in [3.8, 4) is 5.69 Å². The molecule has 3 aromatic rings. The van der Waals surface area contributed by atoms with Crippen molar-refractivity contribution in [2.24, 2.45) is 0 Å². The lowest BCUT2D eigenvalue weighted by molar-refractivity contribution is -0.121. The molecule has 34 heavy (non-hydrogen) atoms. The summed E-state index contributed by atoms with van der Waals surface area (Å²) in [5, 5.41) is 8.84. The summed E-state index contributed by atoms with van der Waals surface area (Å²) >= 11 is 6.37. The van der Waals surface area contributed by atoms with Crippen LogP contribution in [0.1, 0.15) is 0 Å². The second-order valence-electron chi connectivity index (χ2n) is 7.64.